The van der Waals surface area contributed by atoms with Gasteiger partial charge in [-0.2, -0.15) is 10.4 Å². The van der Waals surface area contributed by atoms with Gasteiger partial charge in [-0.05, 0) is 81.3 Å². The van der Waals surface area contributed by atoms with Gasteiger partial charge in [0.05, 0.1) is 25.3 Å². The third kappa shape index (κ3) is 7.87. The lowest BCUT2D eigenvalue weighted by Gasteiger charge is -2.24. The van der Waals surface area contributed by atoms with Gasteiger partial charge in [0.1, 0.15) is 34.1 Å². The first-order chi connectivity index (χ1) is 23.6. The molecule has 1 aliphatic rings. The molecule has 13 heteroatoms. The van der Waals surface area contributed by atoms with Crippen LogP contribution in [0.1, 0.15) is 48.7 Å². The number of benzene rings is 2. The molecule has 13 nitrogen and oxygen atoms in total. The Hall–Kier alpha value is -6.16. The number of hydrogen-bond acceptors (Lipinski definition) is 10. The Morgan fingerprint density at radius 2 is 1.73 bits per heavy atom. The normalized spacial score (nSPS) is 14.3. The summed E-state index contributed by atoms with van der Waals surface area (Å²) < 4.78 is 19.1. The van der Waals surface area contributed by atoms with E-state index in [1.165, 1.54) is 12.3 Å². The topological polar surface area (TPSA) is 157 Å². The van der Waals surface area contributed by atoms with Crippen LogP contribution in [0.5, 0.6) is 17.2 Å². The van der Waals surface area contributed by atoms with E-state index in [0.717, 1.165) is 11.3 Å². The molecule has 0 spiro atoms. The molecule has 5 aromatic rings. The van der Waals surface area contributed by atoms with Crippen molar-refractivity contribution in [2.24, 2.45) is 0 Å². The second-order valence-electron chi connectivity index (χ2n) is 12.5. The first-order valence-electron chi connectivity index (χ1n) is 15.8. The van der Waals surface area contributed by atoms with Crippen molar-refractivity contribution in [1.82, 2.24) is 24.6 Å². The molecule has 4 heterocycles. The summed E-state index contributed by atoms with van der Waals surface area (Å²) in [4.78, 5) is 36.1. The summed E-state index contributed by atoms with van der Waals surface area (Å²) in [6.07, 6.45) is 3.49. The van der Waals surface area contributed by atoms with Crippen LogP contribution < -0.4 is 20.1 Å². The van der Waals surface area contributed by atoms with Crippen LogP contribution in [0, 0.1) is 11.3 Å². The molecule has 1 fully saturated rings. The van der Waals surface area contributed by atoms with Gasteiger partial charge in [-0.25, -0.2) is 19.4 Å². The quantitative estimate of drug-likeness (QED) is 0.186. The molecule has 6 rings (SSSR count). The first kappa shape index (κ1) is 32.8. The maximum atomic E-state index is 12.8. The fraction of sp³-hybridized carbons (Fsp3) is 0.278. The number of fused-ring (bicyclic) bond motifs is 1. The van der Waals surface area contributed by atoms with Crippen LogP contribution in [-0.4, -0.2) is 68.5 Å². The number of rotatable bonds is 9. The minimum atomic E-state index is -0.583. The summed E-state index contributed by atoms with van der Waals surface area (Å²) in [5.74, 6) is 2.26. The molecule has 0 bridgehead atoms. The number of hydrogen-bond donors (Lipinski definition) is 2. The van der Waals surface area contributed by atoms with Crippen LogP contribution in [0.2, 0.25) is 0 Å². The van der Waals surface area contributed by atoms with E-state index in [1.807, 2.05) is 55.8 Å². The average Bonchev–Trinajstić information content (AvgIpc) is 3.70. The van der Waals surface area contributed by atoms with Crippen molar-refractivity contribution in [2.45, 2.75) is 45.4 Å². The SMILES string of the molecule is COc1ccc(Cn2nc(N[C@@H]3CCN(C(=O)OC(C)(C)C)C3)c3c(Oc4ccc(C(=O)Nc5cc(C#N)ccn5)cc4)ccnc32)cc1. The highest BCUT2D eigenvalue weighted by atomic mass is 16.6. The van der Waals surface area contributed by atoms with E-state index in [2.05, 4.69) is 20.6 Å². The molecule has 0 aliphatic carbocycles. The Balaban J connectivity index is 1.25. The van der Waals surface area contributed by atoms with Gasteiger partial charge in [0.2, 0.25) is 0 Å². The second-order valence-corrected chi connectivity index (χ2v) is 12.5. The summed E-state index contributed by atoms with van der Waals surface area (Å²) in [6, 6.07) is 21.2. The number of methoxy groups -OCH3 is 1. The van der Waals surface area contributed by atoms with E-state index in [4.69, 9.17) is 24.6 Å². The molecule has 2 amide bonds. The number of aromatic nitrogens is 4. The Morgan fingerprint density at radius 1 is 1.00 bits per heavy atom. The highest BCUT2D eigenvalue weighted by molar-refractivity contribution is 6.04. The van der Waals surface area contributed by atoms with Crippen molar-refractivity contribution in [2.75, 3.05) is 30.8 Å². The predicted octanol–water partition coefficient (Wildman–Crippen LogP) is 6.22. The van der Waals surface area contributed by atoms with Crippen LogP contribution >= 0.6 is 0 Å². The van der Waals surface area contributed by atoms with Crippen molar-refractivity contribution in [1.29, 1.82) is 5.26 Å². The van der Waals surface area contributed by atoms with Gasteiger partial charge in [0.15, 0.2) is 11.5 Å². The van der Waals surface area contributed by atoms with E-state index < -0.39 is 5.60 Å². The van der Waals surface area contributed by atoms with Gasteiger partial charge in [-0.1, -0.05) is 12.1 Å². The molecular weight excluding hydrogens is 624 g/mol. The van der Waals surface area contributed by atoms with E-state index in [-0.39, 0.29) is 23.9 Å². The maximum absolute atomic E-state index is 12.8. The predicted molar refractivity (Wildman–Crippen MR) is 183 cm³/mol. The third-order valence-corrected chi connectivity index (χ3v) is 7.74. The molecule has 3 aromatic heterocycles. The molecule has 1 saturated heterocycles. The smallest absolute Gasteiger partial charge is 0.410 e. The molecule has 2 N–H and O–H groups in total. The Kier molecular flexibility index (Phi) is 9.30. The first-order valence-corrected chi connectivity index (χ1v) is 15.8. The van der Waals surface area contributed by atoms with Crippen LogP contribution in [0.4, 0.5) is 16.4 Å². The number of amides is 2. The molecule has 49 heavy (non-hydrogen) atoms. The van der Waals surface area contributed by atoms with Crippen LogP contribution in [-0.2, 0) is 11.3 Å². The number of carbonyl (C=O) groups is 2. The van der Waals surface area contributed by atoms with E-state index >= 15 is 0 Å². The van der Waals surface area contributed by atoms with Crippen LogP contribution in [0.3, 0.4) is 0 Å². The van der Waals surface area contributed by atoms with E-state index in [9.17, 15) is 9.59 Å². The minimum Gasteiger partial charge on any atom is -0.497 e. The highest BCUT2D eigenvalue weighted by Gasteiger charge is 2.31. The van der Waals surface area contributed by atoms with Gasteiger partial charge in [-0.3, -0.25) is 4.79 Å². The second kappa shape index (κ2) is 13.9. The lowest BCUT2D eigenvalue weighted by Crippen LogP contribution is -2.36. The Bertz CT molecular complexity index is 2010. The number of nitriles is 1. The number of anilines is 2. The zero-order valence-corrected chi connectivity index (χ0v) is 27.6. The summed E-state index contributed by atoms with van der Waals surface area (Å²) in [7, 11) is 1.63. The zero-order valence-electron chi connectivity index (χ0n) is 27.6. The van der Waals surface area contributed by atoms with Crippen LogP contribution in [0.15, 0.2) is 79.1 Å². The van der Waals surface area contributed by atoms with Crippen molar-refractivity contribution >= 4 is 34.7 Å². The van der Waals surface area contributed by atoms with Crippen molar-refractivity contribution in [3.8, 4) is 23.3 Å². The molecule has 2 aromatic carbocycles. The third-order valence-electron chi connectivity index (χ3n) is 7.74. The van der Waals surface area contributed by atoms with Gasteiger partial charge in [0.25, 0.3) is 5.91 Å². The number of nitrogens with one attached hydrogen (secondary N) is 2. The number of likely N-dealkylation sites (tertiary alicyclic amines) is 1. The largest absolute Gasteiger partial charge is 0.497 e. The lowest BCUT2D eigenvalue weighted by molar-refractivity contribution is 0.0293. The van der Waals surface area contributed by atoms with Crippen molar-refractivity contribution < 1.29 is 23.8 Å². The molecule has 0 saturated carbocycles. The number of pyridine rings is 2. The molecule has 0 radical (unpaired) electrons. The van der Waals surface area contributed by atoms with Crippen molar-refractivity contribution in [3.63, 3.8) is 0 Å². The fourth-order valence-corrected chi connectivity index (χ4v) is 5.39. The summed E-state index contributed by atoms with van der Waals surface area (Å²) >= 11 is 0. The Labute approximate surface area is 283 Å². The zero-order chi connectivity index (χ0) is 34.5. The summed E-state index contributed by atoms with van der Waals surface area (Å²) in [5.41, 5.74) is 1.82. The number of nitrogens with zero attached hydrogens (tertiary/aromatic N) is 6. The van der Waals surface area contributed by atoms with Crippen LogP contribution in [0.25, 0.3) is 11.0 Å². The monoisotopic (exact) mass is 660 g/mol. The molecule has 250 valence electrons. The lowest BCUT2D eigenvalue weighted by atomic mass is 10.2. The minimum absolute atomic E-state index is 0.0748. The molecule has 0 unspecified atom stereocenters. The molecule has 1 atom stereocenters. The van der Waals surface area contributed by atoms with Gasteiger partial charge in [0, 0.05) is 43.2 Å². The van der Waals surface area contributed by atoms with Crippen molar-refractivity contribution in [3.05, 3.63) is 95.8 Å². The Morgan fingerprint density at radius 3 is 2.45 bits per heavy atom. The fourth-order valence-electron chi connectivity index (χ4n) is 5.39. The summed E-state index contributed by atoms with van der Waals surface area (Å²) in [6.45, 7) is 7.01. The van der Waals surface area contributed by atoms with E-state index in [0.29, 0.717) is 65.5 Å². The van der Waals surface area contributed by atoms with Gasteiger partial charge >= 0.3 is 6.09 Å². The summed E-state index contributed by atoms with van der Waals surface area (Å²) in [5, 5.41) is 21.0. The highest BCUT2D eigenvalue weighted by Crippen LogP contribution is 2.35. The standard InChI is InChI=1S/C36H36N8O5/c1-36(2,3)49-35(46)43-18-15-26(22-43)40-32-31-29(14-17-39-33(31)44(42-32)21-23-5-9-27(47-4)10-6-23)48-28-11-7-25(8-12-28)34(45)41-30-19-24(20-37)13-16-38-30/h5-14,16-17,19,26H,15,18,21-22H2,1-4H3,(H,40,42)(H,38,41,45)/t26-/m1/s1. The van der Waals surface area contributed by atoms with E-state index in [1.54, 1.807) is 54.6 Å². The maximum Gasteiger partial charge on any atom is 0.410 e. The average molecular weight is 661 g/mol. The molecule has 1 aliphatic heterocycles. The van der Waals surface area contributed by atoms with Gasteiger partial charge in [-0.15, -0.1) is 0 Å². The molecular formula is C36H36N8O5. The number of ether oxygens (including phenoxy) is 3. The van der Waals surface area contributed by atoms with Gasteiger partial charge < -0.3 is 29.7 Å². The number of carbonyl (C=O) groups excluding carboxylic acids is 2.